The molecule has 1 N–H and O–H groups in total. The summed E-state index contributed by atoms with van der Waals surface area (Å²) in [5, 5.41) is 3.02. The Balaban J connectivity index is 1.66. The molecule has 3 rings (SSSR count). The number of nitrogens with one attached hydrogen (secondary N) is 1. The van der Waals surface area contributed by atoms with Crippen molar-refractivity contribution in [1.29, 1.82) is 0 Å². The van der Waals surface area contributed by atoms with Crippen molar-refractivity contribution in [3.8, 4) is 0 Å². The molecule has 0 aromatic heterocycles. The molecule has 0 radical (unpaired) electrons. The first-order chi connectivity index (χ1) is 12.2. The Morgan fingerprint density at radius 2 is 1.88 bits per heavy atom. The first kappa shape index (κ1) is 18.2. The van der Waals surface area contributed by atoms with Crippen LogP contribution in [0.2, 0.25) is 0 Å². The second kappa shape index (κ2) is 8.68. The van der Waals surface area contributed by atoms with Gasteiger partial charge in [0.25, 0.3) is 5.91 Å². The topological polar surface area (TPSA) is 32.3 Å². The van der Waals surface area contributed by atoms with Crippen LogP contribution in [0.4, 0.5) is 11.4 Å². The minimum absolute atomic E-state index is 0.0615. The molecule has 1 saturated heterocycles. The highest BCUT2D eigenvalue weighted by Gasteiger charge is 2.18. The number of amides is 1. The maximum Gasteiger partial charge on any atom is 0.255 e. The predicted octanol–water partition coefficient (Wildman–Crippen LogP) is 5.26. The van der Waals surface area contributed by atoms with E-state index in [4.69, 9.17) is 0 Å². The Hall–Kier alpha value is -1.59. The lowest BCUT2D eigenvalue weighted by molar-refractivity contribution is 0.102. The summed E-state index contributed by atoms with van der Waals surface area (Å²) in [5.41, 5.74) is 3.96. The fourth-order valence-corrected chi connectivity index (χ4v) is 5.69. The van der Waals surface area contributed by atoms with Crippen LogP contribution in [0.3, 0.4) is 0 Å². The zero-order chi connectivity index (χ0) is 17.6. The van der Waals surface area contributed by atoms with Crippen LogP contribution in [-0.4, -0.2) is 31.0 Å². The number of rotatable bonds is 6. The van der Waals surface area contributed by atoms with Crippen molar-refractivity contribution in [3.05, 3.63) is 59.7 Å². The van der Waals surface area contributed by atoms with Crippen LogP contribution in [0.15, 0.2) is 48.5 Å². The SMILES string of the molecule is CCCN(C)c1ccc(C(=O)Nc2cccc(C3SCCS3)c2)cc1. The number of carbonyl (C=O) groups is 1. The van der Waals surface area contributed by atoms with Crippen molar-refractivity contribution >= 4 is 40.8 Å². The van der Waals surface area contributed by atoms with Crippen molar-refractivity contribution in [1.82, 2.24) is 0 Å². The van der Waals surface area contributed by atoms with Crippen molar-refractivity contribution < 1.29 is 4.79 Å². The molecule has 1 heterocycles. The largest absolute Gasteiger partial charge is 0.375 e. The average molecular weight is 373 g/mol. The molecule has 0 atom stereocenters. The first-order valence-electron chi connectivity index (χ1n) is 8.63. The number of anilines is 2. The number of hydrogen-bond acceptors (Lipinski definition) is 4. The summed E-state index contributed by atoms with van der Waals surface area (Å²) < 4.78 is 0.491. The summed E-state index contributed by atoms with van der Waals surface area (Å²) in [4.78, 5) is 14.7. The summed E-state index contributed by atoms with van der Waals surface area (Å²) >= 11 is 3.95. The van der Waals surface area contributed by atoms with E-state index in [1.54, 1.807) is 0 Å². The molecule has 1 fully saturated rings. The standard InChI is InChI=1S/C20H24N2OS2/c1-3-11-22(2)18-9-7-15(8-10-18)19(23)21-17-6-4-5-16(14-17)20-24-12-13-25-20/h4-10,14,20H,3,11-13H2,1-2H3,(H,21,23). The summed E-state index contributed by atoms with van der Waals surface area (Å²) in [6.45, 7) is 3.17. The molecule has 0 aliphatic carbocycles. The molecule has 0 bridgehead atoms. The maximum absolute atomic E-state index is 12.5. The highest BCUT2D eigenvalue weighted by molar-refractivity contribution is 8.19. The smallest absolute Gasteiger partial charge is 0.255 e. The van der Waals surface area contributed by atoms with Gasteiger partial charge in [0.15, 0.2) is 0 Å². The van der Waals surface area contributed by atoms with E-state index in [0.717, 1.165) is 24.3 Å². The quantitative estimate of drug-likeness (QED) is 0.749. The normalized spacial score (nSPS) is 14.5. The molecule has 0 saturated carbocycles. The van der Waals surface area contributed by atoms with E-state index < -0.39 is 0 Å². The lowest BCUT2D eigenvalue weighted by Crippen LogP contribution is -2.18. The Kier molecular flexibility index (Phi) is 6.32. The predicted molar refractivity (Wildman–Crippen MR) is 112 cm³/mol. The fourth-order valence-electron chi connectivity index (χ4n) is 2.85. The number of carbonyl (C=O) groups excluding carboxylic acids is 1. The number of benzene rings is 2. The monoisotopic (exact) mass is 372 g/mol. The number of nitrogens with zero attached hydrogens (tertiary/aromatic N) is 1. The molecule has 25 heavy (non-hydrogen) atoms. The third kappa shape index (κ3) is 4.73. The molecule has 5 heteroatoms. The summed E-state index contributed by atoms with van der Waals surface area (Å²) in [6, 6.07) is 16.0. The zero-order valence-electron chi connectivity index (χ0n) is 14.7. The Morgan fingerprint density at radius 1 is 1.16 bits per heavy atom. The van der Waals surface area contributed by atoms with E-state index in [1.165, 1.54) is 17.1 Å². The van der Waals surface area contributed by atoms with Gasteiger partial charge in [-0.25, -0.2) is 0 Å². The van der Waals surface area contributed by atoms with Gasteiger partial charge in [0, 0.05) is 42.0 Å². The number of thioether (sulfide) groups is 2. The highest BCUT2D eigenvalue weighted by atomic mass is 32.2. The molecule has 132 valence electrons. The average Bonchev–Trinajstić information content (AvgIpc) is 3.17. The van der Waals surface area contributed by atoms with E-state index in [2.05, 4.69) is 36.3 Å². The van der Waals surface area contributed by atoms with Gasteiger partial charge >= 0.3 is 0 Å². The number of hydrogen-bond donors (Lipinski definition) is 1. The zero-order valence-corrected chi connectivity index (χ0v) is 16.3. The van der Waals surface area contributed by atoms with E-state index >= 15 is 0 Å². The lowest BCUT2D eigenvalue weighted by Gasteiger charge is -2.18. The molecule has 2 aromatic rings. The Labute approximate surface area is 158 Å². The van der Waals surface area contributed by atoms with E-state index in [1.807, 2.05) is 59.9 Å². The van der Waals surface area contributed by atoms with Crippen LogP contribution in [0.1, 0.15) is 33.8 Å². The summed E-state index contributed by atoms with van der Waals surface area (Å²) in [5.74, 6) is 2.34. The molecular formula is C20H24N2OS2. The Bertz CT molecular complexity index is 712. The van der Waals surface area contributed by atoms with Gasteiger partial charge in [-0.2, -0.15) is 0 Å². The van der Waals surface area contributed by atoms with Crippen molar-refractivity contribution in [2.24, 2.45) is 0 Å². The first-order valence-corrected chi connectivity index (χ1v) is 10.7. The summed E-state index contributed by atoms with van der Waals surface area (Å²) in [6.07, 6.45) is 1.10. The molecule has 3 nitrogen and oxygen atoms in total. The molecule has 1 aliphatic heterocycles. The van der Waals surface area contributed by atoms with E-state index in [-0.39, 0.29) is 5.91 Å². The highest BCUT2D eigenvalue weighted by Crippen LogP contribution is 2.45. The van der Waals surface area contributed by atoms with Crippen molar-refractivity contribution in [2.75, 3.05) is 35.3 Å². The molecule has 1 aliphatic rings. The third-order valence-corrected chi connectivity index (χ3v) is 7.27. The maximum atomic E-state index is 12.5. The van der Waals surface area contributed by atoms with Gasteiger partial charge in [-0.1, -0.05) is 19.1 Å². The van der Waals surface area contributed by atoms with Crippen LogP contribution in [-0.2, 0) is 0 Å². The van der Waals surface area contributed by atoms with Crippen molar-refractivity contribution in [3.63, 3.8) is 0 Å². The molecule has 0 spiro atoms. The molecule has 1 amide bonds. The lowest BCUT2D eigenvalue weighted by atomic mass is 10.1. The Morgan fingerprint density at radius 3 is 2.56 bits per heavy atom. The van der Waals surface area contributed by atoms with Gasteiger partial charge in [0.1, 0.15) is 0 Å². The van der Waals surface area contributed by atoms with Crippen molar-refractivity contribution in [2.45, 2.75) is 17.9 Å². The molecule has 0 unspecified atom stereocenters. The van der Waals surface area contributed by atoms with Gasteiger partial charge in [-0.05, 0) is 48.4 Å². The third-order valence-electron chi connectivity index (χ3n) is 4.17. The minimum Gasteiger partial charge on any atom is -0.375 e. The second-order valence-corrected chi connectivity index (χ2v) is 8.85. The molecule has 2 aromatic carbocycles. The molecular weight excluding hydrogens is 348 g/mol. The van der Waals surface area contributed by atoms with Crippen LogP contribution >= 0.6 is 23.5 Å². The van der Waals surface area contributed by atoms with Gasteiger partial charge in [0.2, 0.25) is 0 Å². The van der Waals surface area contributed by atoms with Crippen LogP contribution in [0.25, 0.3) is 0 Å². The van der Waals surface area contributed by atoms with Gasteiger partial charge in [-0.15, -0.1) is 23.5 Å². The van der Waals surface area contributed by atoms with Crippen LogP contribution in [0.5, 0.6) is 0 Å². The fraction of sp³-hybridized carbons (Fsp3) is 0.350. The van der Waals surface area contributed by atoms with E-state index in [0.29, 0.717) is 10.1 Å². The van der Waals surface area contributed by atoms with E-state index in [9.17, 15) is 4.79 Å². The summed E-state index contributed by atoms with van der Waals surface area (Å²) in [7, 11) is 2.07. The second-order valence-electron chi connectivity index (χ2n) is 6.12. The van der Waals surface area contributed by atoms with Gasteiger partial charge in [-0.3, -0.25) is 4.79 Å². The van der Waals surface area contributed by atoms with Gasteiger partial charge in [0.05, 0.1) is 4.58 Å². The van der Waals surface area contributed by atoms with Crippen LogP contribution < -0.4 is 10.2 Å². The van der Waals surface area contributed by atoms with Gasteiger partial charge < -0.3 is 10.2 Å². The van der Waals surface area contributed by atoms with Crippen LogP contribution in [0, 0.1) is 0 Å². The minimum atomic E-state index is -0.0615.